The van der Waals surface area contributed by atoms with Gasteiger partial charge >= 0.3 is 0 Å². The molecule has 5 heterocycles. The molecule has 22 heteroatoms. The number of hydrogen-bond acceptors (Lipinski definition) is 18. The van der Waals surface area contributed by atoms with Crippen LogP contribution in [0.1, 0.15) is 53.9 Å². The zero-order valence-electron chi connectivity index (χ0n) is 34.5. The summed E-state index contributed by atoms with van der Waals surface area (Å²) >= 11 is 0. The standard InChI is InChI=1S/C39H54N10O12/c1-19(2)32-28(44-21(5)51)33(29(54)25(18-50)59-32)60-39-31(56)30(55)34(58-20(3)4)35(61-39)38(57)42-16-15-41-26(52)10-8-11-27(53)45-22-12-13-24(43-17-22)37-48-46-36(47-49-37)23-9-6-7-14-40-23/h6-7,9,12-14,17,19-20,25,28-35,39,50,54-56H,8,10-11,15-16,18H2,1-5H3,(H,41,52)(H,42,57)(H,44,51)(H,45,53)/t25?,28?,29-,30-,31?,32+,33-,34+,35?,39-/m1/s1. The van der Waals surface area contributed by atoms with Crippen LogP contribution in [0, 0.1) is 5.92 Å². The number of carbonyl (C=O) groups excluding carboxylic acids is 4. The first-order chi connectivity index (χ1) is 29.2. The van der Waals surface area contributed by atoms with Gasteiger partial charge in [0.1, 0.15) is 48.0 Å². The molecule has 0 radical (unpaired) electrons. The summed E-state index contributed by atoms with van der Waals surface area (Å²) in [6, 6.07) is 7.56. The number of carbonyl (C=O) groups is 4. The first-order valence-corrected chi connectivity index (χ1v) is 20.0. The highest BCUT2D eigenvalue weighted by Gasteiger charge is 2.53. The van der Waals surface area contributed by atoms with E-state index in [1.54, 1.807) is 50.4 Å². The molecule has 0 saturated carbocycles. The fourth-order valence-corrected chi connectivity index (χ4v) is 6.79. The number of anilines is 1. The Balaban J connectivity index is 1.08. The minimum Gasteiger partial charge on any atom is -0.394 e. The van der Waals surface area contributed by atoms with Crippen molar-refractivity contribution < 1.29 is 58.6 Å². The van der Waals surface area contributed by atoms with Crippen molar-refractivity contribution in [1.29, 1.82) is 0 Å². The van der Waals surface area contributed by atoms with E-state index >= 15 is 0 Å². The van der Waals surface area contributed by atoms with Crippen molar-refractivity contribution in [3.8, 4) is 23.0 Å². The van der Waals surface area contributed by atoms with Crippen LogP contribution in [-0.2, 0) is 38.1 Å². The van der Waals surface area contributed by atoms with Crippen molar-refractivity contribution in [2.45, 2.75) is 121 Å². The van der Waals surface area contributed by atoms with E-state index in [0.717, 1.165) is 0 Å². The van der Waals surface area contributed by atoms with Gasteiger partial charge in [0.25, 0.3) is 5.91 Å². The van der Waals surface area contributed by atoms with E-state index in [1.807, 2.05) is 13.8 Å². The highest BCUT2D eigenvalue weighted by atomic mass is 16.7. The Kier molecular flexibility index (Phi) is 16.9. The molecule has 0 spiro atoms. The second-order valence-electron chi connectivity index (χ2n) is 15.2. The summed E-state index contributed by atoms with van der Waals surface area (Å²) in [6.07, 6.45) is -9.82. The zero-order chi connectivity index (χ0) is 44.2. The summed E-state index contributed by atoms with van der Waals surface area (Å²) in [6.45, 7) is 7.59. The summed E-state index contributed by atoms with van der Waals surface area (Å²) in [5.41, 5.74) is 1.34. The number of pyridine rings is 2. The number of hydrogen-bond donors (Lipinski definition) is 8. The second-order valence-corrected chi connectivity index (χ2v) is 15.2. The van der Waals surface area contributed by atoms with Gasteiger partial charge in [-0.3, -0.25) is 29.1 Å². The van der Waals surface area contributed by atoms with Crippen molar-refractivity contribution >= 4 is 29.3 Å². The molecule has 2 aliphatic rings. The third-order valence-electron chi connectivity index (χ3n) is 9.69. The molecule has 3 aromatic rings. The summed E-state index contributed by atoms with van der Waals surface area (Å²) < 4.78 is 23.6. The fourth-order valence-electron chi connectivity index (χ4n) is 6.79. The van der Waals surface area contributed by atoms with Gasteiger partial charge in [-0.1, -0.05) is 19.9 Å². The van der Waals surface area contributed by atoms with Gasteiger partial charge in [0.15, 0.2) is 12.4 Å². The average molecular weight is 855 g/mol. The van der Waals surface area contributed by atoms with Gasteiger partial charge in [-0.2, -0.15) is 0 Å². The average Bonchev–Trinajstić information content (AvgIpc) is 3.23. The molecule has 61 heavy (non-hydrogen) atoms. The summed E-state index contributed by atoms with van der Waals surface area (Å²) in [7, 11) is 0. The number of aliphatic hydroxyl groups is 4. The van der Waals surface area contributed by atoms with Crippen LogP contribution in [0.2, 0.25) is 0 Å². The first-order valence-electron chi connectivity index (χ1n) is 20.0. The SMILES string of the molecule is CC(=O)NC1[C@H](C(C)C)OC(CO)[C@@H](O)[C@@H]1O[C@@H]1OC(C(=O)NCCNC(=O)CCCC(=O)Nc2ccc(-c3nnc(-c4ccccn4)nn3)nc2)[C@@H](OC(C)C)[C@H](O)C1O. The molecule has 4 unspecified atom stereocenters. The molecule has 5 rings (SSSR count). The second kappa shape index (κ2) is 22.1. The maximum Gasteiger partial charge on any atom is 0.252 e. The number of aliphatic hydroxyl groups excluding tert-OH is 4. The van der Waals surface area contributed by atoms with Crippen molar-refractivity contribution in [3.63, 3.8) is 0 Å². The Hall–Kier alpha value is -5.20. The Bertz CT molecular complexity index is 1900. The summed E-state index contributed by atoms with van der Waals surface area (Å²) in [5, 5.41) is 70.2. The minimum absolute atomic E-state index is 0.00868. The maximum atomic E-state index is 13.5. The highest BCUT2D eigenvalue weighted by Crippen LogP contribution is 2.32. The number of rotatable bonds is 18. The minimum atomic E-state index is -1.76. The Morgan fingerprint density at radius 3 is 2.07 bits per heavy atom. The van der Waals surface area contributed by atoms with E-state index in [2.05, 4.69) is 51.6 Å². The summed E-state index contributed by atoms with van der Waals surface area (Å²) in [4.78, 5) is 59.2. The van der Waals surface area contributed by atoms with Gasteiger partial charge < -0.3 is 60.6 Å². The molecule has 3 aromatic heterocycles. The molecule has 332 valence electrons. The monoisotopic (exact) mass is 854 g/mol. The van der Waals surface area contributed by atoms with Gasteiger partial charge in [0.2, 0.25) is 29.4 Å². The largest absolute Gasteiger partial charge is 0.394 e. The van der Waals surface area contributed by atoms with Gasteiger partial charge in [-0.05, 0) is 50.5 Å². The van der Waals surface area contributed by atoms with Gasteiger partial charge in [-0.25, -0.2) is 0 Å². The Labute approximate surface area is 351 Å². The molecule has 0 aliphatic carbocycles. The van der Waals surface area contributed by atoms with Crippen molar-refractivity contribution in [3.05, 3.63) is 42.7 Å². The van der Waals surface area contributed by atoms with Crippen LogP contribution in [0.4, 0.5) is 5.69 Å². The lowest BCUT2D eigenvalue weighted by atomic mass is 9.87. The Morgan fingerprint density at radius 1 is 0.803 bits per heavy atom. The molecule has 10 atom stereocenters. The van der Waals surface area contributed by atoms with E-state index in [0.29, 0.717) is 17.1 Å². The van der Waals surface area contributed by atoms with Crippen LogP contribution < -0.4 is 21.3 Å². The van der Waals surface area contributed by atoms with Crippen LogP contribution in [0.15, 0.2) is 42.7 Å². The van der Waals surface area contributed by atoms with Crippen LogP contribution in [0.25, 0.3) is 23.0 Å². The van der Waals surface area contributed by atoms with E-state index in [9.17, 15) is 39.6 Å². The van der Waals surface area contributed by atoms with Gasteiger partial charge in [0, 0.05) is 39.1 Å². The molecule has 8 N–H and O–H groups in total. The maximum absolute atomic E-state index is 13.5. The molecule has 2 saturated heterocycles. The molecule has 0 bridgehead atoms. The van der Waals surface area contributed by atoms with Crippen molar-refractivity contribution in [2.24, 2.45) is 5.92 Å². The number of aromatic nitrogens is 6. The molecule has 2 fully saturated rings. The predicted molar refractivity (Wildman–Crippen MR) is 212 cm³/mol. The van der Waals surface area contributed by atoms with E-state index in [4.69, 9.17) is 18.9 Å². The predicted octanol–water partition coefficient (Wildman–Crippen LogP) is -1.36. The number of nitrogens with one attached hydrogen (secondary N) is 4. The van der Waals surface area contributed by atoms with E-state index < -0.39 is 85.7 Å². The van der Waals surface area contributed by atoms with Gasteiger partial charge in [0.05, 0.1) is 36.7 Å². The normalized spacial score (nSPS) is 26.4. The van der Waals surface area contributed by atoms with Crippen molar-refractivity contribution in [1.82, 2.24) is 46.3 Å². The lowest BCUT2D eigenvalue weighted by molar-refractivity contribution is -0.331. The quantitative estimate of drug-likeness (QED) is 0.0685. The van der Waals surface area contributed by atoms with Crippen LogP contribution in [0.5, 0.6) is 0 Å². The third-order valence-corrected chi connectivity index (χ3v) is 9.69. The summed E-state index contributed by atoms with van der Waals surface area (Å²) in [5.74, 6) is -1.67. The zero-order valence-corrected chi connectivity index (χ0v) is 34.5. The van der Waals surface area contributed by atoms with Crippen molar-refractivity contribution in [2.75, 3.05) is 25.0 Å². The molecule has 4 amide bonds. The number of nitrogens with zero attached hydrogens (tertiary/aromatic N) is 6. The first kappa shape index (κ1) is 46.9. The smallest absolute Gasteiger partial charge is 0.252 e. The van der Waals surface area contributed by atoms with Gasteiger partial charge in [-0.15, -0.1) is 20.4 Å². The van der Waals surface area contributed by atoms with Crippen LogP contribution >= 0.6 is 0 Å². The molecule has 2 aliphatic heterocycles. The number of amides is 4. The molecular weight excluding hydrogens is 800 g/mol. The third kappa shape index (κ3) is 12.7. The lowest BCUT2D eigenvalue weighted by Gasteiger charge is -2.49. The van der Waals surface area contributed by atoms with E-state index in [-0.39, 0.29) is 61.7 Å². The fraction of sp³-hybridized carbons (Fsp3) is 0.590. The topological polar surface area (TPSA) is 312 Å². The molecule has 22 nitrogen and oxygen atoms in total. The van der Waals surface area contributed by atoms with Crippen LogP contribution in [0.3, 0.4) is 0 Å². The van der Waals surface area contributed by atoms with E-state index in [1.165, 1.54) is 13.1 Å². The Morgan fingerprint density at radius 2 is 1.48 bits per heavy atom. The number of ether oxygens (including phenoxy) is 4. The highest BCUT2D eigenvalue weighted by molar-refractivity contribution is 5.91. The van der Waals surface area contributed by atoms with Crippen LogP contribution in [-0.4, -0.2) is 161 Å². The molecule has 0 aromatic carbocycles. The lowest BCUT2D eigenvalue weighted by Crippen LogP contribution is -2.69. The molecular formula is C39H54N10O12.